The lowest BCUT2D eigenvalue weighted by atomic mass is 10.4. The van der Waals surface area contributed by atoms with Crippen molar-refractivity contribution < 1.29 is 0 Å². The first-order chi connectivity index (χ1) is 5.18. The SMILES string of the molecule is CC(C)Nc1ccc(I)cn1. The predicted molar refractivity (Wildman–Crippen MR) is 55.7 cm³/mol. The molecule has 0 radical (unpaired) electrons. The van der Waals surface area contributed by atoms with Crippen molar-refractivity contribution in [2.45, 2.75) is 19.9 Å². The number of halogens is 1. The van der Waals surface area contributed by atoms with Crippen LogP contribution in [0.3, 0.4) is 0 Å². The third kappa shape index (κ3) is 3.05. The lowest BCUT2D eigenvalue weighted by Gasteiger charge is -2.07. The molecular weight excluding hydrogens is 251 g/mol. The fraction of sp³-hybridized carbons (Fsp3) is 0.375. The van der Waals surface area contributed by atoms with E-state index in [0.29, 0.717) is 6.04 Å². The minimum atomic E-state index is 0.447. The van der Waals surface area contributed by atoms with Gasteiger partial charge in [0.1, 0.15) is 5.82 Å². The first kappa shape index (κ1) is 8.77. The molecule has 0 fully saturated rings. The molecule has 0 unspecified atom stereocenters. The summed E-state index contributed by atoms with van der Waals surface area (Å²) in [4.78, 5) is 4.20. The molecule has 2 nitrogen and oxygen atoms in total. The molecule has 11 heavy (non-hydrogen) atoms. The molecule has 0 spiro atoms. The van der Waals surface area contributed by atoms with E-state index in [1.54, 1.807) is 0 Å². The second-order valence-electron chi connectivity index (χ2n) is 2.66. The van der Waals surface area contributed by atoms with Crippen LogP contribution >= 0.6 is 22.6 Å². The van der Waals surface area contributed by atoms with Crippen molar-refractivity contribution in [3.63, 3.8) is 0 Å². The normalized spacial score (nSPS) is 10.2. The van der Waals surface area contributed by atoms with Crippen LogP contribution < -0.4 is 5.32 Å². The average molecular weight is 262 g/mol. The topological polar surface area (TPSA) is 24.9 Å². The Balaban J connectivity index is 2.66. The van der Waals surface area contributed by atoms with Gasteiger partial charge in [0.15, 0.2) is 0 Å². The van der Waals surface area contributed by atoms with Crippen molar-refractivity contribution in [2.24, 2.45) is 0 Å². The monoisotopic (exact) mass is 262 g/mol. The maximum atomic E-state index is 4.20. The van der Waals surface area contributed by atoms with E-state index >= 15 is 0 Å². The fourth-order valence-electron chi connectivity index (χ4n) is 0.757. The van der Waals surface area contributed by atoms with Crippen molar-refractivity contribution in [2.75, 3.05) is 5.32 Å². The van der Waals surface area contributed by atoms with Crippen molar-refractivity contribution in [3.05, 3.63) is 21.9 Å². The maximum absolute atomic E-state index is 4.20. The Morgan fingerprint density at radius 1 is 1.45 bits per heavy atom. The van der Waals surface area contributed by atoms with Gasteiger partial charge < -0.3 is 5.32 Å². The molecule has 0 atom stereocenters. The van der Waals surface area contributed by atoms with Crippen LogP contribution in [0.2, 0.25) is 0 Å². The second kappa shape index (κ2) is 3.90. The number of nitrogens with zero attached hydrogens (tertiary/aromatic N) is 1. The van der Waals surface area contributed by atoms with Gasteiger partial charge in [-0.3, -0.25) is 0 Å². The summed E-state index contributed by atoms with van der Waals surface area (Å²) in [6.07, 6.45) is 1.85. The molecule has 1 aromatic heterocycles. The Morgan fingerprint density at radius 3 is 2.64 bits per heavy atom. The zero-order valence-electron chi connectivity index (χ0n) is 6.63. The summed E-state index contributed by atoms with van der Waals surface area (Å²) in [7, 11) is 0. The van der Waals surface area contributed by atoms with Gasteiger partial charge in [0.25, 0.3) is 0 Å². The van der Waals surface area contributed by atoms with E-state index in [9.17, 15) is 0 Å². The van der Waals surface area contributed by atoms with E-state index in [1.807, 2.05) is 18.3 Å². The van der Waals surface area contributed by atoms with Crippen LogP contribution in [0.25, 0.3) is 0 Å². The molecule has 0 aliphatic carbocycles. The van der Waals surface area contributed by atoms with Crippen LogP contribution in [0.15, 0.2) is 18.3 Å². The summed E-state index contributed by atoms with van der Waals surface area (Å²) in [5.74, 6) is 0.945. The highest BCUT2D eigenvalue weighted by atomic mass is 127. The zero-order chi connectivity index (χ0) is 8.27. The fourth-order valence-corrected chi connectivity index (χ4v) is 1.08. The van der Waals surface area contributed by atoms with E-state index in [4.69, 9.17) is 0 Å². The highest BCUT2D eigenvalue weighted by Crippen LogP contribution is 2.07. The summed E-state index contributed by atoms with van der Waals surface area (Å²) in [6, 6.07) is 4.47. The van der Waals surface area contributed by atoms with Crippen LogP contribution in [0, 0.1) is 3.57 Å². The van der Waals surface area contributed by atoms with Crippen molar-refractivity contribution in [1.82, 2.24) is 4.98 Å². The molecule has 0 aliphatic heterocycles. The van der Waals surface area contributed by atoms with E-state index in [-0.39, 0.29) is 0 Å². The molecule has 1 N–H and O–H groups in total. The van der Waals surface area contributed by atoms with Crippen molar-refractivity contribution in [1.29, 1.82) is 0 Å². The molecule has 0 amide bonds. The molecule has 0 aromatic carbocycles. The molecule has 3 heteroatoms. The Bertz CT molecular complexity index is 218. The lowest BCUT2D eigenvalue weighted by molar-refractivity contribution is 0.889. The van der Waals surface area contributed by atoms with Gasteiger partial charge in [-0.2, -0.15) is 0 Å². The molecule has 60 valence electrons. The smallest absolute Gasteiger partial charge is 0.126 e. The van der Waals surface area contributed by atoms with E-state index in [2.05, 4.69) is 46.7 Å². The van der Waals surface area contributed by atoms with E-state index < -0.39 is 0 Å². The third-order valence-corrected chi connectivity index (χ3v) is 1.80. The first-order valence-corrected chi connectivity index (χ1v) is 4.64. The summed E-state index contributed by atoms with van der Waals surface area (Å²) in [6.45, 7) is 4.19. The quantitative estimate of drug-likeness (QED) is 0.828. The minimum absolute atomic E-state index is 0.447. The Morgan fingerprint density at radius 2 is 2.18 bits per heavy atom. The van der Waals surface area contributed by atoms with Gasteiger partial charge in [-0.25, -0.2) is 4.98 Å². The second-order valence-corrected chi connectivity index (χ2v) is 3.91. The average Bonchev–Trinajstić information content (AvgIpc) is 1.93. The van der Waals surface area contributed by atoms with Crippen LogP contribution in [0.4, 0.5) is 5.82 Å². The molecule has 0 saturated heterocycles. The number of aromatic nitrogens is 1. The molecular formula is C8H11IN2. The summed E-state index contributed by atoms with van der Waals surface area (Å²) in [5.41, 5.74) is 0. The maximum Gasteiger partial charge on any atom is 0.126 e. The standard InChI is InChI=1S/C8H11IN2/c1-6(2)11-8-4-3-7(9)5-10-8/h3-6H,1-2H3,(H,10,11). The molecule has 0 saturated carbocycles. The summed E-state index contributed by atoms with van der Waals surface area (Å²) >= 11 is 2.24. The number of hydrogen-bond acceptors (Lipinski definition) is 2. The predicted octanol–water partition coefficient (Wildman–Crippen LogP) is 2.51. The highest BCUT2D eigenvalue weighted by Gasteiger charge is 1.94. The number of pyridine rings is 1. The van der Waals surface area contributed by atoms with Gasteiger partial charge in [0.2, 0.25) is 0 Å². The Hall–Kier alpha value is -0.320. The molecule has 0 aliphatic rings. The van der Waals surface area contributed by atoms with Gasteiger partial charge in [0, 0.05) is 15.8 Å². The number of anilines is 1. The number of nitrogens with one attached hydrogen (secondary N) is 1. The Labute approximate surface area is 80.6 Å². The first-order valence-electron chi connectivity index (χ1n) is 3.56. The zero-order valence-corrected chi connectivity index (χ0v) is 8.79. The van der Waals surface area contributed by atoms with E-state index in [1.165, 1.54) is 0 Å². The minimum Gasteiger partial charge on any atom is -0.368 e. The molecule has 1 rings (SSSR count). The van der Waals surface area contributed by atoms with Gasteiger partial charge in [-0.05, 0) is 48.6 Å². The summed E-state index contributed by atoms with van der Waals surface area (Å²) < 4.78 is 1.16. The van der Waals surface area contributed by atoms with Crippen molar-refractivity contribution >= 4 is 28.4 Å². The number of rotatable bonds is 2. The van der Waals surface area contributed by atoms with Crippen LogP contribution in [-0.2, 0) is 0 Å². The molecule has 1 aromatic rings. The van der Waals surface area contributed by atoms with Gasteiger partial charge in [-0.15, -0.1) is 0 Å². The Kier molecular flexibility index (Phi) is 3.11. The molecule has 0 bridgehead atoms. The van der Waals surface area contributed by atoms with Gasteiger partial charge >= 0.3 is 0 Å². The van der Waals surface area contributed by atoms with E-state index in [0.717, 1.165) is 9.39 Å². The lowest BCUT2D eigenvalue weighted by Crippen LogP contribution is -2.10. The van der Waals surface area contributed by atoms with Crippen molar-refractivity contribution in [3.8, 4) is 0 Å². The van der Waals surface area contributed by atoms with Crippen LogP contribution in [0.1, 0.15) is 13.8 Å². The largest absolute Gasteiger partial charge is 0.368 e. The summed E-state index contributed by atoms with van der Waals surface area (Å²) in [5, 5.41) is 3.22. The van der Waals surface area contributed by atoms with Crippen LogP contribution in [-0.4, -0.2) is 11.0 Å². The van der Waals surface area contributed by atoms with Crippen LogP contribution in [0.5, 0.6) is 0 Å². The number of hydrogen-bond donors (Lipinski definition) is 1. The molecule has 1 heterocycles. The highest BCUT2D eigenvalue weighted by molar-refractivity contribution is 14.1. The van der Waals surface area contributed by atoms with Gasteiger partial charge in [-0.1, -0.05) is 0 Å². The van der Waals surface area contributed by atoms with Gasteiger partial charge in [0.05, 0.1) is 0 Å². The third-order valence-electron chi connectivity index (χ3n) is 1.16.